The standard InChI is InChI=1S/C6H8O5S/c1-2-3-4-5(6(7)8)12(9,10)11/h2,4H,1,3H2,(H,7,8)(H,9,10,11)/b5-4+. The summed E-state index contributed by atoms with van der Waals surface area (Å²) < 4.78 is 29.1. The van der Waals surface area contributed by atoms with Gasteiger partial charge in [-0.05, 0) is 6.42 Å². The molecule has 68 valence electrons. The molecule has 0 aliphatic rings. The second-order valence-corrected chi connectivity index (χ2v) is 3.26. The third kappa shape index (κ3) is 3.31. The average Bonchev–Trinajstić information content (AvgIpc) is 1.84. The maximum Gasteiger partial charge on any atom is 0.349 e. The zero-order chi connectivity index (χ0) is 9.78. The van der Waals surface area contributed by atoms with Gasteiger partial charge in [-0.3, -0.25) is 4.55 Å². The molecule has 6 heteroatoms. The van der Waals surface area contributed by atoms with Gasteiger partial charge in [-0.15, -0.1) is 6.58 Å². The smallest absolute Gasteiger partial charge is 0.349 e. The predicted octanol–water partition coefficient (Wildman–Crippen LogP) is 0.419. The lowest BCUT2D eigenvalue weighted by Gasteiger charge is -1.95. The first kappa shape index (κ1) is 10.9. The van der Waals surface area contributed by atoms with Gasteiger partial charge in [0.2, 0.25) is 0 Å². The summed E-state index contributed by atoms with van der Waals surface area (Å²) in [5.74, 6) is -1.68. The molecule has 0 amide bonds. The van der Waals surface area contributed by atoms with E-state index >= 15 is 0 Å². The molecule has 0 radical (unpaired) electrons. The molecule has 0 aromatic carbocycles. The number of allylic oxidation sites excluding steroid dienone is 2. The summed E-state index contributed by atoms with van der Waals surface area (Å²) in [6.07, 6.45) is 2.25. The third-order valence-corrected chi connectivity index (χ3v) is 1.86. The Morgan fingerprint density at radius 3 is 2.25 bits per heavy atom. The number of aliphatic carboxylic acids is 1. The minimum Gasteiger partial charge on any atom is -0.477 e. The molecule has 0 saturated carbocycles. The van der Waals surface area contributed by atoms with Gasteiger partial charge in [-0.1, -0.05) is 12.2 Å². The minimum atomic E-state index is -4.62. The van der Waals surface area contributed by atoms with Crippen LogP contribution in [-0.2, 0) is 14.9 Å². The third-order valence-electron chi connectivity index (χ3n) is 0.959. The van der Waals surface area contributed by atoms with E-state index in [-0.39, 0.29) is 6.42 Å². The van der Waals surface area contributed by atoms with Crippen LogP contribution >= 0.6 is 0 Å². The van der Waals surface area contributed by atoms with Crippen LogP contribution in [0.4, 0.5) is 0 Å². The highest BCUT2D eigenvalue weighted by molar-refractivity contribution is 7.90. The van der Waals surface area contributed by atoms with Crippen LogP contribution in [0.5, 0.6) is 0 Å². The molecule has 0 aromatic rings. The zero-order valence-corrected chi connectivity index (χ0v) is 6.91. The van der Waals surface area contributed by atoms with Crippen LogP contribution in [0.2, 0.25) is 0 Å². The van der Waals surface area contributed by atoms with Gasteiger partial charge in [-0.2, -0.15) is 8.42 Å². The Balaban J connectivity index is 4.94. The summed E-state index contributed by atoms with van der Waals surface area (Å²) in [6.45, 7) is 3.26. The molecular weight excluding hydrogens is 184 g/mol. The van der Waals surface area contributed by atoms with Gasteiger partial charge in [0, 0.05) is 0 Å². The number of rotatable bonds is 4. The van der Waals surface area contributed by atoms with Crippen LogP contribution in [-0.4, -0.2) is 24.0 Å². The molecule has 0 fully saturated rings. The van der Waals surface area contributed by atoms with E-state index in [9.17, 15) is 13.2 Å². The van der Waals surface area contributed by atoms with E-state index in [2.05, 4.69) is 6.58 Å². The van der Waals surface area contributed by atoms with Crippen LogP contribution in [0.3, 0.4) is 0 Å². The second-order valence-electron chi connectivity index (χ2n) is 1.87. The van der Waals surface area contributed by atoms with E-state index in [1.807, 2.05) is 0 Å². The van der Waals surface area contributed by atoms with Crippen molar-refractivity contribution in [3.05, 3.63) is 23.6 Å². The van der Waals surface area contributed by atoms with Crippen LogP contribution in [0.1, 0.15) is 6.42 Å². The summed E-state index contributed by atoms with van der Waals surface area (Å²) in [6, 6.07) is 0. The molecule has 0 rings (SSSR count). The molecule has 0 saturated heterocycles. The molecule has 0 heterocycles. The summed E-state index contributed by atoms with van der Waals surface area (Å²) in [5.41, 5.74) is 0. The fraction of sp³-hybridized carbons (Fsp3) is 0.167. The molecule has 5 nitrogen and oxygen atoms in total. The molecule has 0 bridgehead atoms. The Bertz CT molecular complexity index is 311. The molecule has 12 heavy (non-hydrogen) atoms. The highest BCUT2D eigenvalue weighted by Gasteiger charge is 2.20. The summed E-state index contributed by atoms with van der Waals surface area (Å²) in [5, 5.41) is 8.29. The summed E-state index contributed by atoms with van der Waals surface area (Å²) in [4.78, 5) is 9.18. The minimum absolute atomic E-state index is 0.0709. The largest absolute Gasteiger partial charge is 0.477 e. The van der Waals surface area contributed by atoms with Crippen molar-refractivity contribution in [2.45, 2.75) is 6.42 Å². The molecule has 0 atom stereocenters. The lowest BCUT2D eigenvalue weighted by Crippen LogP contribution is -2.11. The van der Waals surface area contributed by atoms with Gasteiger partial charge >= 0.3 is 16.1 Å². The van der Waals surface area contributed by atoms with Gasteiger partial charge in [-0.25, -0.2) is 4.79 Å². The first-order chi connectivity index (χ1) is 5.39. The van der Waals surface area contributed by atoms with E-state index in [4.69, 9.17) is 9.66 Å². The quantitative estimate of drug-likeness (QED) is 0.382. The van der Waals surface area contributed by atoms with Crippen molar-refractivity contribution in [3.63, 3.8) is 0 Å². The summed E-state index contributed by atoms with van der Waals surface area (Å²) in [7, 11) is -4.62. The van der Waals surface area contributed by atoms with Crippen molar-refractivity contribution in [1.82, 2.24) is 0 Å². The first-order valence-corrected chi connectivity index (χ1v) is 4.35. The van der Waals surface area contributed by atoms with Crippen LogP contribution in [0, 0.1) is 0 Å². The Hall–Kier alpha value is -1.14. The molecule has 0 spiro atoms. The van der Waals surface area contributed by atoms with E-state index < -0.39 is 21.0 Å². The molecule has 0 aliphatic carbocycles. The first-order valence-electron chi connectivity index (χ1n) is 2.91. The zero-order valence-electron chi connectivity index (χ0n) is 6.10. The topological polar surface area (TPSA) is 91.7 Å². The van der Waals surface area contributed by atoms with Crippen molar-refractivity contribution in [2.75, 3.05) is 0 Å². The number of hydrogen-bond acceptors (Lipinski definition) is 3. The van der Waals surface area contributed by atoms with E-state index in [1.165, 1.54) is 6.08 Å². The molecule has 0 unspecified atom stereocenters. The number of carbonyl (C=O) groups is 1. The van der Waals surface area contributed by atoms with E-state index in [0.29, 0.717) is 0 Å². The number of carboxylic acid groups (broad SMARTS) is 1. The summed E-state index contributed by atoms with van der Waals surface area (Å²) >= 11 is 0. The molecular formula is C6H8O5S. The van der Waals surface area contributed by atoms with E-state index in [0.717, 1.165) is 6.08 Å². The highest BCUT2D eigenvalue weighted by Crippen LogP contribution is 2.05. The van der Waals surface area contributed by atoms with Gasteiger partial charge in [0.1, 0.15) is 0 Å². The second kappa shape index (κ2) is 4.03. The fourth-order valence-corrected chi connectivity index (χ4v) is 1.02. The monoisotopic (exact) mass is 192 g/mol. The van der Waals surface area contributed by atoms with Crippen molar-refractivity contribution in [1.29, 1.82) is 0 Å². The van der Waals surface area contributed by atoms with Gasteiger partial charge in [0.25, 0.3) is 0 Å². The Labute approximate surface area is 69.8 Å². The SMILES string of the molecule is C=CC/C=C(\C(=O)O)S(=O)(=O)O. The van der Waals surface area contributed by atoms with E-state index in [1.54, 1.807) is 0 Å². The van der Waals surface area contributed by atoms with Crippen LogP contribution in [0.25, 0.3) is 0 Å². The van der Waals surface area contributed by atoms with Gasteiger partial charge in [0.15, 0.2) is 4.91 Å². The normalized spacial score (nSPS) is 12.6. The highest BCUT2D eigenvalue weighted by atomic mass is 32.2. The van der Waals surface area contributed by atoms with Crippen LogP contribution < -0.4 is 0 Å². The number of hydrogen-bond donors (Lipinski definition) is 2. The van der Waals surface area contributed by atoms with Crippen molar-refractivity contribution in [3.8, 4) is 0 Å². The molecule has 0 aliphatic heterocycles. The van der Waals surface area contributed by atoms with Crippen molar-refractivity contribution in [2.24, 2.45) is 0 Å². The average molecular weight is 192 g/mol. The fourth-order valence-electron chi connectivity index (χ4n) is 0.493. The van der Waals surface area contributed by atoms with Crippen molar-refractivity contribution < 1.29 is 22.9 Å². The number of carboxylic acids is 1. The van der Waals surface area contributed by atoms with Crippen LogP contribution in [0.15, 0.2) is 23.6 Å². The lowest BCUT2D eigenvalue weighted by atomic mass is 10.4. The Kier molecular flexibility index (Phi) is 3.65. The van der Waals surface area contributed by atoms with Gasteiger partial charge in [0.05, 0.1) is 0 Å². The lowest BCUT2D eigenvalue weighted by molar-refractivity contribution is -0.131. The Morgan fingerprint density at radius 1 is 1.50 bits per heavy atom. The predicted molar refractivity (Wildman–Crippen MR) is 42.1 cm³/mol. The molecule has 0 aromatic heterocycles. The Morgan fingerprint density at radius 2 is 2.00 bits per heavy atom. The maximum absolute atomic E-state index is 10.4. The maximum atomic E-state index is 10.4. The van der Waals surface area contributed by atoms with Gasteiger partial charge < -0.3 is 5.11 Å². The molecule has 2 N–H and O–H groups in total. The van der Waals surface area contributed by atoms with Crippen molar-refractivity contribution >= 4 is 16.1 Å².